The van der Waals surface area contributed by atoms with E-state index in [1.54, 1.807) is 38.1 Å². The molecule has 214 valence electrons. The van der Waals surface area contributed by atoms with Crippen molar-refractivity contribution in [2.75, 3.05) is 31.6 Å². The van der Waals surface area contributed by atoms with Gasteiger partial charge < -0.3 is 19.7 Å². The molecule has 9 nitrogen and oxygen atoms in total. The number of hydrogen-bond acceptors (Lipinski definition) is 6. The van der Waals surface area contributed by atoms with E-state index in [9.17, 15) is 18.0 Å². The van der Waals surface area contributed by atoms with Crippen LogP contribution in [0.1, 0.15) is 30.5 Å². The van der Waals surface area contributed by atoms with Crippen molar-refractivity contribution in [1.29, 1.82) is 0 Å². The molecule has 0 fully saturated rings. The largest absolute Gasteiger partial charge is 0.497 e. The first kappa shape index (κ1) is 30.5. The number of methoxy groups -OCH3 is 2. The second-order valence-electron chi connectivity index (χ2n) is 9.44. The number of carbonyl (C=O) groups excluding carboxylic acids is 2. The molecule has 0 saturated carbocycles. The molecule has 1 N–H and O–H groups in total. The predicted molar refractivity (Wildman–Crippen MR) is 155 cm³/mol. The standard InChI is InChI=1S/C30H37N3O6S/c1-7-31-30(35)23(4)32(19-24-12-8-21(2)9-13-24)29(34)20-33(27-18-25(38-5)14-17-28(27)39-6)40(36,37)26-15-10-22(3)11-16-26/h8-18,23H,7,19-20H2,1-6H3,(H,31,35)/t23-/m1/s1. The SMILES string of the molecule is CCNC(=O)[C@@H](C)N(Cc1ccc(C)cc1)C(=O)CN(c1cc(OC)ccc1OC)S(=O)(=O)c1ccc(C)cc1. The first-order chi connectivity index (χ1) is 19.0. The number of nitrogens with zero attached hydrogens (tertiary/aromatic N) is 2. The number of amides is 2. The normalized spacial score (nSPS) is 11.8. The van der Waals surface area contributed by atoms with Crippen LogP contribution in [0.5, 0.6) is 11.5 Å². The smallest absolute Gasteiger partial charge is 0.264 e. The van der Waals surface area contributed by atoms with Crippen molar-refractivity contribution in [3.63, 3.8) is 0 Å². The van der Waals surface area contributed by atoms with Gasteiger partial charge in [0, 0.05) is 19.2 Å². The summed E-state index contributed by atoms with van der Waals surface area (Å²) in [6, 6.07) is 17.9. The van der Waals surface area contributed by atoms with Crippen molar-refractivity contribution in [2.45, 2.75) is 45.2 Å². The number of ether oxygens (including phenoxy) is 2. The number of nitrogens with one attached hydrogen (secondary N) is 1. The highest BCUT2D eigenvalue weighted by molar-refractivity contribution is 7.92. The molecule has 0 aliphatic rings. The maximum absolute atomic E-state index is 14.1. The van der Waals surface area contributed by atoms with Crippen molar-refractivity contribution in [3.8, 4) is 11.5 Å². The summed E-state index contributed by atoms with van der Waals surface area (Å²) in [7, 11) is -1.36. The molecule has 3 rings (SSSR count). The van der Waals surface area contributed by atoms with Crippen LogP contribution in [0, 0.1) is 13.8 Å². The van der Waals surface area contributed by atoms with Crippen LogP contribution in [-0.2, 0) is 26.2 Å². The van der Waals surface area contributed by atoms with E-state index in [4.69, 9.17) is 9.47 Å². The first-order valence-electron chi connectivity index (χ1n) is 13.0. The molecule has 40 heavy (non-hydrogen) atoms. The molecule has 0 radical (unpaired) electrons. The summed E-state index contributed by atoms with van der Waals surface area (Å²) in [5.74, 6) is -0.263. The van der Waals surface area contributed by atoms with Crippen LogP contribution >= 0.6 is 0 Å². The fraction of sp³-hybridized carbons (Fsp3) is 0.333. The molecule has 0 aliphatic heterocycles. The number of likely N-dealkylation sites (N-methyl/N-ethyl adjacent to an activating group) is 1. The number of carbonyl (C=O) groups is 2. The summed E-state index contributed by atoms with van der Waals surface area (Å²) >= 11 is 0. The lowest BCUT2D eigenvalue weighted by atomic mass is 10.1. The molecule has 0 spiro atoms. The number of hydrogen-bond donors (Lipinski definition) is 1. The minimum absolute atomic E-state index is 0.0117. The maximum atomic E-state index is 14.1. The molecular formula is C30H37N3O6S. The summed E-state index contributed by atoms with van der Waals surface area (Å²) in [5.41, 5.74) is 2.89. The van der Waals surface area contributed by atoms with Gasteiger partial charge in [0.15, 0.2) is 0 Å². The molecule has 0 aromatic heterocycles. The summed E-state index contributed by atoms with van der Waals surface area (Å²) in [6.07, 6.45) is 0. The Kier molecular flexibility index (Phi) is 10.2. The lowest BCUT2D eigenvalue weighted by Crippen LogP contribution is -2.51. The molecular weight excluding hydrogens is 530 g/mol. The Balaban J connectivity index is 2.12. The zero-order chi connectivity index (χ0) is 29.4. The van der Waals surface area contributed by atoms with E-state index in [1.165, 1.54) is 37.3 Å². The van der Waals surface area contributed by atoms with Gasteiger partial charge in [-0.05, 0) is 57.5 Å². The Hall–Kier alpha value is -4.05. The predicted octanol–water partition coefficient (Wildman–Crippen LogP) is 4.07. The van der Waals surface area contributed by atoms with E-state index in [2.05, 4.69) is 5.32 Å². The number of anilines is 1. The van der Waals surface area contributed by atoms with Crippen LogP contribution < -0.4 is 19.1 Å². The van der Waals surface area contributed by atoms with E-state index in [-0.39, 0.29) is 28.8 Å². The Labute approximate surface area is 236 Å². The quantitative estimate of drug-likeness (QED) is 0.354. The highest BCUT2D eigenvalue weighted by Crippen LogP contribution is 2.36. The van der Waals surface area contributed by atoms with Gasteiger partial charge in [-0.15, -0.1) is 0 Å². The second kappa shape index (κ2) is 13.3. The average molecular weight is 568 g/mol. The lowest BCUT2D eigenvalue weighted by molar-refractivity contribution is -0.139. The fourth-order valence-electron chi connectivity index (χ4n) is 4.14. The number of benzene rings is 3. The van der Waals surface area contributed by atoms with Gasteiger partial charge in [-0.25, -0.2) is 8.42 Å². The molecule has 0 bridgehead atoms. The van der Waals surface area contributed by atoms with Crippen molar-refractivity contribution in [1.82, 2.24) is 10.2 Å². The van der Waals surface area contributed by atoms with Crippen LogP contribution in [0.2, 0.25) is 0 Å². The van der Waals surface area contributed by atoms with E-state index < -0.39 is 28.5 Å². The van der Waals surface area contributed by atoms with Crippen LogP contribution in [0.4, 0.5) is 5.69 Å². The third kappa shape index (κ3) is 7.12. The van der Waals surface area contributed by atoms with E-state index in [0.717, 1.165) is 21.0 Å². The fourth-order valence-corrected chi connectivity index (χ4v) is 5.55. The van der Waals surface area contributed by atoms with Gasteiger partial charge in [0.05, 0.1) is 24.8 Å². The summed E-state index contributed by atoms with van der Waals surface area (Å²) in [5, 5.41) is 2.75. The van der Waals surface area contributed by atoms with Crippen LogP contribution in [0.25, 0.3) is 0 Å². The van der Waals surface area contributed by atoms with Gasteiger partial charge >= 0.3 is 0 Å². The Morgan fingerprint density at radius 3 is 2.05 bits per heavy atom. The Bertz CT molecular complexity index is 1420. The van der Waals surface area contributed by atoms with E-state index in [0.29, 0.717) is 12.3 Å². The lowest BCUT2D eigenvalue weighted by Gasteiger charge is -2.32. The first-order valence-corrected chi connectivity index (χ1v) is 14.4. The van der Waals surface area contributed by atoms with Crippen molar-refractivity contribution < 1.29 is 27.5 Å². The minimum Gasteiger partial charge on any atom is -0.497 e. The van der Waals surface area contributed by atoms with E-state index >= 15 is 0 Å². The van der Waals surface area contributed by atoms with Gasteiger partial charge in [0.2, 0.25) is 11.8 Å². The molecule has 0 aliphatic carbocycles. The van der Waals surface area contributed by atoms with Gasteiger partial charge in [-0.1, -0.05) is 47.5 Å². The molecule has 0 unspecified atom stereocenters. The van der Waals surface area contributed by atoms with Crippen molar-refractivity contribution >= 4 is 27.5 Å². The van der Waals surface area contributed by atoms with Crippen LogP contribution in [-0.4, -0.2) is 58.5 Å². The molecule has 1 atom stereocenters. The zero-order valence-electron chi connectivity index (χ0n) is 23.8. The second-order valence-corrected chi connectivity index (χ2v) is 11.3. The Morgan fingerprint density at radius 1 is 0.900 bits per heavy atom. The van der Waals surface area contributed by atoms with Gasteiger partial charge in [-0.3, -0.25) is 13.9 Å². The molecule has 0 heterocycles. The van der Waals surface area contributed by atoms with Crippen molar-refractivity contribution in [2.24, 2.45) is 0 Å². The van der Waals surface area contributed by atoms with Gasteiger partial charge in [-0.2, -0.15) is 0 Å². The number of rotatable bonds is 12. The van der Waals surface area contributed by atoms with Gasteiger partial charge in [0.25, 0.3) is 10.0 Å². The van der Waals surface area contributed by atoms with E-state index in [1.807, 2.05) is 38.1 Å². The number of aryl methyl sites for hydroxylation is 2. The molecule has 0 saturated heterocycles. The van der Waals surface area contributed by atoms with Gasteiger partial charge in [0.1, 0.15) is 24.1 Å². The number of sulfonamides is 1. The molecule has 3 aromatic carbocycles. The maximum Gasteiger partial charge on any atom is 0.264 e. The van der Waals surface area contributed by atoms with Crippen LogP contribution in [0.3, 0.4) is 0 Å². The summed E-state index contributed by atoms with van der Waals surface area (Å²) < 4.78 is 40.0. The summed E-state index contributed by atoms with van der Waals surface area (Å²) in [6.45, 7) is 7.17. The third-order valence-electron chi connectivity index (χ3n) is 6.53. The minimum atomic E-state index is -4.24. The average Bonchev–Trinajstić information content (AvgIpc) is 2.95. The molecule has 3 aromatic rings. The van der Waals surface area contributed by atoms with Crippen molar-refractivity contribution in [3.05, 3.63) is 83.4 Å². The Morgan fingerprint density at radius 2 is 1.50 bits per heavy atom. The highest BCUT2D eigenvalue weighted by Gasteiger charge is 2.34. The summed E-state index contributed by atoms with van der Waals surface area (Å²) in [4.78, 5) is 28.3. The highest BCUT2D eigenvalue weighted by atomic mass is 32.2. The monoisotopic (exact) mass is 567 g/mol. The third-order valence-corrected chi connectivity index (χ3v) is 8.31. The topological polar surface area (TPSA) is 105 Å². The zero-order valence-corrected chi connectivity index (χ0v) is 24.6. The molecule has 10 heteroatoms. The molecule has 2 amide bonds. The van der Waals surface area contributed by atoms with Crippen LogP contribution in [0.15, 0.2) is 71.6 Å².